The summed E-state index contributed by atoms with van der Waals surface area (Å²) >= 11 is 0. The van der Waals surface area contributed by atoms with Gasteiger partial charge >= 0.3 is 5.97 Å². The second-order valence-corrected chi connectivity index (χ2v) is 4.07. The van der Waals surface area contributed by atoms with Crippen molar-refractivity contribution in [2.75, 3.05) is 6.61 Å². The average Bonchev–Trinajstić information content (AvgIpc) is 2.37. The zero-order chi connectivity index (χ0) is 13.4. The van der Waals surface area contributed by atoms with E-state index in [2.05, 4.69) is 5.32 Å². The number of carbonyl (C=O) groups is 2. The van der Waals surface area contributed by atoms with Gasteiger partial charge in [-0.05, 0) is 12.0 Å². The van der Waals surface area contributed by atoms with Gasteiger partial charge in [-0.3, -0.25) is 4.79 Å². The van der Waals surface area contributed by atoms with Gasteiger partial charge in [0, 0.05) is 6.92 Å². The lowest BCUT2D eigenvalue weighted by molar-refractivity contribution is -0.148. The van der Waals surface area contributed by atoms with E-state index in [-0.39, 0.29) is 5.91 Å². The summed E-state index contributed by atoms with van der Waals surface area (Å²) in [5.41, 5.74) is 0.731. The summed E-state index contributed by atoms with van der Waals surface area (Å²) in [5.74, 6) is -0.666. The van der Waals surface area contributed by atoms with Gasteiger partial charge in [0.1, 0.15) is 0 Å². The van der Waals surface area contributed by atoms with E-state index < -0.39 is 12.0 Å². The van der Waals surface area contributed by atoms with Crippen LogP contribution in [0.3, 0.4) is 0 Å². The molecule has 4 heteroatoms. The second kappa shape index (κ2) is 7.48. The Morgan fingerprint density at radius 2 is 1.94 bits per heavy atom. The van der Waals surface area contributed by atoms with E-state index in [1.54, 1.807) is 12.1 Å². The van der Waals surface area contributed by atoms with Gasteiger partial charge in [0.25, 0.3) is 0 Å². The zero-order valence-electron chi connectivity index (χ0n) is 10.8. The van der Waals surface area contributed by atoms with Crippen LogP contribution in [0.25, 0.3) is 0 Å². The van der Waals surface area contributed by atoms with E-state index in [0.717, 1.165) is 18.4 Å². The molecule has 0 aliphatic heterocycles. The largest absolute Gasteiger partial charge is 0.464 e. The van der Waals surface area contributed by atoms with Gasteiger partial charge in [-0.15, -0.1) is 0 Å². The van der Waals surface area contributed by atoms with Crippen molar-refractivity contribution in [2.45, 2.75) is 32.7 Å². The Bertz CT molecular complexity index is 389. The molecule has 18 heavy (non-hydrogen) atoms. The van der Waals surface area contributed by atoms with Gasteiger partial charge < -0.3 is 10.1 Å². The summed E-state index contributed by atoms with van der Waals surface area (Å²) < 4.78 is 5.15. The molecule has 1 atom stereocenters. The molecule has 0 spiro atoms. The van der Waals surface area contributed by atoms with Crippen molar-refractivity contribution >= 4 is 11.9 Å². The predicted molar refractivity (Wildman–Crippen MR) is 68.9 cm³/mol. The number of esters is 1. The second-order valence-electron chi connectivity index (χ2n) is 4.07. The topological polar surface area (TPSA) is 55.4 Å². The van der Waals surface area contributed by atoms with E-state index in [1.165, 1.54) is 6.92 Å². The molecule has 1 amide bonds. The first-order valence-electron chi connectivity index (χ1n) is 6.13. The highest BCUT2D eigenvalue weighted by Crippen LogP contribution is 2.14. The van der Waals surface area contributed by atoms with Crippen molar-refractivity contribution in [2.24, 2.45) is 0 Å². The molecule has 1 N–H and O–H groups in total. The Balaban J connectivity index is 2.72. The van der Waals surface area contributed by atoms with E-state index in [0.29, 0.717) is 6.61 Å². The maximum absolute atomic E-state index is 11.9. The van der Waals surface area contributed by atoms with Crippen molar-refractivity contribution in [3.63, 3.8) is 0 Å². The van der Waals surface area contributed by atoms with Crippen LogP contribution in [0, 0.1) is 0 Å². The molecule has 1 aromatic rings. The van der Waals surface area contributed by atoms with Crippen molar-refractivity contribution in [3.05, 3.63) is 35.9 Å². The number of nitrogens with one attached hydrogen (secondary N) is 1. The molecule has 0 aliphatic carbocycles. The Labute approximate surface area is 107 Å². The number of hydrogen-bond donors (Lipinski definition) is 1. The minimum atomic E-state index is -0.722. The Morgan fingerprint density at radius 3 is 2.50 bits per heavy atom. The molecule has 0 radical (unpaired) electrons. The van der Waals surface area contributed by atoms with Gasteiger partial charge in [0.05, 0.1) is 6.61 Å². The molecule has 1 aromatic carbocycles. The summed E-state index contributed by atoms with van der Waals surface area (Å²) in [5, 5.41) is 2.61. The monoisotopic (exact) mass is 249 g/mol. The third-order valence-corrected chi connectivity index (χ3v) is 2.46. The van der Waals surface area contributed by atoms with Crippen LogP contribution >= 0.6 is 0 Å². The number of amides is 1. The predicted octanol–water partition coefficient (Wildman–Crippen LogP) is 2.21. The highest BCUT2D eigenvalue weighted by molar-refractivity contribution is 5.84. The van der Waals surface area contributed by atoms with Crippen molar-refractivity contribution in [1.29, 1.82) is 0 Å². The Morgan fingerprint density at radius 1 is 1.28 bits per heavy atom. The maximum Gasteiger partial charge on any atom is 0.333 e. The number of carbonyl (C=O) groups excluding carboxylic acids is 2. The molecule has 0 saturated heterocycles. The zero-order valence-corrected chi connectivity index (χ0v) is 10.8. The van der Waals surface area contributed by atoms with Crippen LogP contribution in [0.15, 0.2) is 30.3 Å². The van der Waals surface area contributed by atoms with Gasteiger partial charge in [0.15, 0.2) is 6.04 Å². The third-order valence-electron chi connectivity index (χ3n) is 2.46. The number of benzene rings is 1. The van der Waals surface area contributed by atoms with Crippen LogP contribution in [0.4, 0.5) is 0 Å². The lowest BCUT2D eigenvalue weighted by Gasteiger charge is -2.17. The van der Waals surface area contributed by atoms with Crippen molar-refractivity contribution < 1.29 is 14.3 Å². The first-order chi connectivity index (χ1) is 8.65. The molecule has 0 unspecified atom stereocenters. The smallest absolute Gasteiger partial charge is 0.333 e. The normalized spacial score (nSPS) is 11.7. The minimum absolute atomic E-state index is 0.253. The number of hydrogen-bond acceptors (Lipinski definition) is 3. The lowest BCUT2D eigenvalue weighted by Crippen LogP contribution is -2.33. The Kier molecular flexibility index (Phi) is 5.91. The molecule has 0 aromatic heterocycles. The van der Waals surface area contributed by atoms with Crippen LogP contribution in [0.5, 0.6) is 0 Å². The molecular formula is C14H19NO3. The van der Waals surface area contributed by atoms with Crippen LogP contribution < -0.4 is 5.32 Å². The standard InChI is InChI=1S/C14H19NO3/c1-3-4-10-18-14(17)13(15-11(2)16)12-8-6-5-7-9-12/h5-9,13H,3-4,10H2,1-2H3,(H,15,16)/t13-/m1/s1. The summed E-state index contributed by atoms with van der Waals surface area (Å²) in [4.78, 5) is 23.1. The minimum Gasteiger partial charge on any atom is -0.464 e. The van der Waals surface area contributed by atoms with Crippen molar-refractivity contribution in [1.82, 2.24) is 5.32 Å². The third kappa shape index (κ3) is 4.57. The number of rotatable bonds is 6. The Hall–Kier alpha value is -1.84. The van der Waals surface area contributed by atoms with Crippen LogP contribution in [-0.4, -0.2) is 18.5 Å². The van der Waals surface area contributed by atoms with E-state index in [1.807, 2.05) is 25.1 Å². The number of ether oxygens (including phenoxy) is 1. The fourth-order valence-electron chi connectivity index (χ4n) is 1.53. The van der Waals surface area contributed by atoms with Gasteiger partial charge in [-0.25, -0.2) is 4.79 Å². The average molecular weight is 249 g/mol. The molecule has 0 fully saturated rings. The number of unbranched alkanes of at least 4 members (excludes halogenated alkanes) is 1. The lowest BCUT2D eigenvalue weighted by atomic mass is 10.1. The summed E-state index contributed by atoms with van der Waals surface area (Å²) in [6.07, 6.45) is 1.79. The highest BCUT2D eigenvalue weighted by atomic mass is 16.5. The van der Waals surface area contributed by atoms with Crippen LogP contribution in [0.2, 0.25) is 0 Å². The molecule has 0 aliphatic rings. The quantitative estimate of drug-likeness (QED) is 0.621. The summed E-state index contributed by atoms with van der Waals surface area (Å²) in [7, 11) is 0. The molecule has 4 nitrogen and oxygen atoms in total. The van der Waals surface area contributed by atoms with Crippen LogP contribution in [-0.2, 0) is 14.3 Å². The van der Waals surface area contributed by atoms with Gasteiger partial charge in [-0.1, -0.05) is 43.7 Å². The van der Waals surface area contributed by atoms with E-state index in [9.17, 15) is 9.59 Å². The first-order valence-corrected chi connectivity index (χ1v) is 6.13. The van der Waals surface area contributed by atoms with Crippen molar-refractivity contribution in [3.8, 4) is 0 Å². The molecule has 0 bridgehead atoms. The van der Waals surface area contributed by atoms with Crippen LogP contribution in [0.1, 0.15) is 38.3 Å². The fourth-order valence-corrected chi connectivity index (χ4v) is 1.53. The van der Waals surface area contributed by atoms with Gasteiger partial charge in [0.2, 0.25) is 5.91 Å². The van der Waals surface area contributed by atoms with Gasteiger partial charge in [-0.2, -0.15) is 0 Å². The maximum atomic E-state index is 11.9. The molecular weight excluding hydrogens is 230 g/mol. The van der Waals surface area contributed by atoms with E-state index in [4.69, 9.17) is 4.74 Å². The first kappa shape index (κ1) is 14.2. The molecule has 98 valence electrons. The van der Waals surface area contributed by atoms with E-state index >= 15 is 0 Å². The highest BCUT2D eigenvalue weighted by Gasteiger charge is 2.22. The fraction of sp³-hybridized carbons (Fsp3) is 0.429. The molecule has 0 heterocycles. The molecule has 0 saturated carbocycles. The summed E-state index contributed by atoms with van der Waals surface area (Å²) in [6.45, 7) is 3.80. The molecule has 1 rings (SSSR count). The SMILES string of the molecule is CCCCOC(=O)[C@H](NC(C)=O)c1ccccc1. The summed E-state index contributed by atoms with van der Waals surface area (Å²) in [6, 6.07) is 8.37.